The van der Waals surface area contributed by atoms with Gasteiger partial charge < -0.3 is 4.52 Å². The van der Waals surface area contributed by atoms with Crippen LogP contribution in [-0.2, 0) is 9.09 Å². The van der Waals surface area contributed by atoms with Gasteiger partial charge in [0.1, 0.15) is 0 Å². The molecule has 0 saturated carbocycles. The van der Waals surface area contributed by atoms with Crippen LogP contribution in [0.2, 0.25) is 0 Å². The predicted octanol–water partition coefficient (Wildman–Crippen LogP) is 2.36. The lowest BCUT2D eigenvalue weighted by molar-refractivity contribution is 0.227. The minimum absolute atomic E-state index is 0. The lowest BCUT2D eigenvalue weighted by atomic mass is 10.5. The molecular weight excluding hydrogens is 149 g/mol. The third kappa shape index (κ3) is 11.6. The molecule has 0 aromatic heterocycles. The zero-order chi connectivity index (χ0) is 6.78. The number of halogens is 2. The molecule has 0 saturated heterocycles. The maximum atomic E-state index is 12.0. The van der Waals surface area contributed by atoms with Crippen molar-refractivity contribution in [1.29, 1.82) is 0 Å². The minimum atomic E-state index is -3.72. The Balaban J connectivity index is 0. The average molecular weight is 160 g/mol. The van der Waals surface area contributed by atoms with E-state index in [1.54, 1.807) is 13.8 Å². The number of hydrogen-bond acceptors (Lipinski definition) is 2. The first-order chi connectivity index (χ1) is 3.42. The molecule has 0 N–H and O–H groups in total. The molecule has 58 valence electrons. The summed E-state index contributed by atoms with van der Waals surface area (Å²) < 4.78 is 26.4. The summed E-state index contributed by atoms with van der Waals surface area (Å²) in [6.45, 7) is 4.22. The fourth-order valence-electron chi connectivity index (χ4n) is 0.377. The zero-order valence-electron chi connectivity index (χ0n) is 5.63. The molecule has 0 heterocycles. The maximum absolute atomic E-state index is 12.0. The van der Waals surface area contributed by atoms with E-state index in [9.17, 15) is 8.76 Å². The highest BCUT2D eigenvalue weighted by Gasteiger charge is 2.13. The van der Waals surface area contributed by atoms with Crippen molar-refractivity contribution in [2.24, 2.45) is 0 Å². The van der Waals surface area contributed by atoms with Crippen molar-refractivity contribution in [3.8, 4) is 0 Å². The zero-order valence-corrected chi connectivity index (χ0v) is 6.52. The third-order valence-corrected chi connectivity index (χ3v) is 1.20. The molecule has 0 radical (unpaired) electrons. The molecule has 1 unspecified atom stereocenters. The average Bonchev–Trinajstić information content (AvgIpc) is 1.21. The normalized spacial score (nSPS) is 16.6. The minimum Gasteiger partial charge on any atom is -0.303 e. The molecule has 9 heavy (non-hydrogen) atoms. The fraction of sp³-hybridized carbons (Fsp3) is 1.00. The predicted molar refractivity (Wildman–Crippen MR) is 33.4 cm³/mol. The van der Waals surface area contributed by atoms with Gasteiger partial charge in [-0.2, -0.15) is 4.20 Å². The third-order valence-electron chi connectivity index (χ3n) is 0.399. The van der Waals surface area contributed by atoms with Crippen molar-refractivity contribution >= 4 is 7.68 Å². The molecule has 0 aliphatic heterocycles. The smallest absolute Gasteiger partial charge is 0.303 e. The van der Waals surface area contributed by atoms with Gasteiger partial charge in [0, 0.05) is 6.66 Å². The quantitative estimate of drug-likeness (QED) is 0.579. The molecular formula is C4H11F2O2P. The van der Waals surface area contributed by atoms with Crippen LogP contribution >= 0.6 is 7.68 Å². The van der Waals surface area contributed by atoms with Crippen molar-refractivity contribution in [2.45, 2.75) is 20.0 Å². The summed E-state index contributed by atoms with van der Waals surface area (Å²) in [5.74, 6) is 0. The molecule has 0 rings (SSSR count). The van der Waals surface area contributed by atoms with Crippen molar-refractivity contribution in [1.82, 2.24) is 0 Å². The first-order valence-electron chi connectivity index (χ1n) is 2.37. The van der Waals surface area contributed by atoms with Crippen molar-refractivity contribution in [3.05, 3.63) is 0 Å². The lowest BCUT2D eigenvalue weighted by Gasteiger charge is -2.06. The van der Waals surface area contributed by atoms with E-state index < -0.39 is 7.68 Å². The molecule has 0 aliphatic rings. The molecule has 0 fully saturated rings. The van der Waals surface area contributed by atoms with Gasteiger partial charge in [-0.1, -0.05) is 0 Å². The Morgan fingerprint density at radius 3 is 1.89 bits per heavy atom. The summed E-state index contributed by atoms with van der Waals surface area (Å²) in [6, 6.07) is 0. The van der Waals surface area contributed by atoms with E-state index in [0.29, 0.717) is 0 Å². The number of rotatable bonds is 2. The molecule has 0 aromatic rings. The second-order valence-corrected chi connectivity index (χ2v) is 3.61. The first kappa shape index (κ1) is 11.8. The van der Waals surface area contributed by atoms with Gasteiger partial charge in [-0.3, -0.25) is 9.27 Å². The van der Waals surface area contributed by atoms with Crippen LogP contribution in [0.15, 0.2) is 0 Å². The van der Waals surface area contributed by atoms with E-state index in [2.05, 4.69) is 4.52 Å². The molecule has 0 amide bonds. The van der Waals surface area contributed by atoms with Crippen LogP contribution in [0.5, 0.6) is 0 Å². The highest BCUT2D eigenvalue weighted by atomic mass is 31.2. The molecule has 0 aliphatic carbocycles. The van der Waals surface area contributed by atoms with E-state index in [0.717, 1.165) is 6.66 Å². The monoisotopic (exact) mass is 160 g/mol. The Kier molecular flexibility index (Phi) is 5.19. The molecule has 2 nitrogen and oxygen atoms in total. The summed E-state index contributed by atoms with van der Waals surface area (Å²) in [5, 5.41) is 0. The van der Waals surface area contributed by atoms with E-state index in [-0.39, 0.29) is 10.8 Å². The van der Waals surface area contributed by atoms with Gasteiger partial charge in [0.15, 0.2) is 0 Å². The highest BCUT2D eigenvalue weighted by Crippen LogP contribution is 2.44. The molecule has 0 spiro atoms. The van der Waals surface area contributed by atoms with Gasteiger partial charge in [0.05, 0.1) is 6.10 Å². The van der Waals surface area contributed by atoms with Crippen LogP contribution in [0.3, 0.4) is 0 Å². The Bertz CT molecular complexity index is 109. The van der Waals surface area contributed by atoms with Crippen molar-refractivity contribution in [3.63, 3.8) is 0 Å². The van der Waals surface area contributed by atoms with Crippen molar-refractivity contribution in [2.75, 3.05) is 6.66 Å². The topological polar surface area (TPSA) is 26.3 Å². The first-order valence-corrected chi connectivity index (χ1v) is 4.33. The summed E-state index contributed by atoms with van der Waals surface area (Å²) in [5.41, 5.74) is 0. The highest BCUT2D eigenvalue weighted by molar-refractivity contribution is 7.52. The fourth-order valence-corrected chi connectivity index (χ4v) is 1.13. The lowest BCUT2D eigenvalue weighted by Crippen LogP contribution is -1.96. The van der Waals surface area contributed by atoms with Gasteiger partial charge in [0.25, 0.3) is 0 Å². The Hall–Kier alpha value is 0.0500. The van der Waals surface area contributed by atoms with Crippen LogP contribution in [0.4, 0.5) is 8.90 Å². The molecule has 5 heteroatoms. The van der Waals surface area contributed by atoms with Crippen LogP contribution in [0, 0.1) is 0 Å². The second kappa shape index (κ2) is 3.96. The van der Waals surface area contributed by atoms with Crippen LogP contribution in [-0.4, -0.2) is 12.8 Å². The van der Waals surface area contributed by atoms with Crippen LogP contribution < -0.4 is 0 Å². The van der Waals surface area contributed by atoms with E-state index in [1.165, 1.54) is 0 Å². The second-order valence-electron chi connectivity index (χ2n) is 1.90. The van der Waals surface area contributed by atoms with Crippen LogP contribution in [0.1, 0.15) is 13.8 Å². The number of hydrogen-bond donors (Lipinski definition) is 0. The van der Waals surface area contributed by atoms with E-state index in [4.69, 9.17) is 0 Å². The van der Waals surface area contributed by atoms with Gasteiger partial charge in [-0.15, -0.1) is 0 Å². The SMILES string of the molecule is CC(C)OP(C)(=O)F.F. The summed E-state index contributed by atoms with van der Waals surface area (Å²) in [4.78, 5) is 0. The summed E-state index contributed by atoms with van der Waals surface area (Å²) in [6.07, 6.45) is -0.296. The van der Waals surface area contributed by atoms with Gasteiger partial charge >= 0.3 is 7.68 Å². The standard InChI is InChI=1S/C4H10FO2P.FH/c1-4(2)7-8(3,5)6;/h4H,1-3H3;1H. The largest absolute Gasteiger partial charge is 0.364 e. The summed E-state index contributed by atoms with van der Waals surface area (Å²) >= 11 is 0. The van der Waals surface area contributed by atoms with Gasteiger partial charge in [0.2, 0.25) is 0 Å². The Labute approximate surface area is 53.3 Å². The van der Waals surface area contributed by atoms with Gasteiger partial charge in [-0.25, -0.2) is 0 Å². The Morgan fingerprint density at radius 1 is 1.56 bits per heavy atom. The van der Waals surface area contributed by atoms with Gasteiger partial charge in [-0.05, 0) is 13.8 Å². The van der Waals surface area contributed by atoms with E-state index in [1.807, 2.05) is 0 Å². The van der Waals surface area contributed by atoms with Crippen LogP contribution in [0.25, 0.3) is 0 Å². The maximum Gasteiger partial charge on any atom is 0.364 e. The van der Waals surface area contributed by atoms with Crippen molar-refractivity contribution < 1.29 is 18.0 Å². The summed E-state index contributed by atoms with van der Waals surface area (Å²) in [7, 11) is -3.72. The molecule has 0 aromatic carbocycles. The van der Waals surface area contributed by atoms with E-state index >= 15 is 0 Å². The molecule has 0 bridgehead atoms. The Morgan fingerprint density at radius 2 is 1.89 bits per heavy atom. The molecule has 1 atom stereocenters.